The number of rotatable bonds is 3. The number of amides is 1. The summed E-state index contributed by atoms with van der Waals surface area (Å²) in [6.45, 7) is 2.88. The Labute approximate surface area is 163 Å². The van der Waals surface area contributed by atoms with Gasteiger partial charge in [0.05, 0.1) is 6.61 Å². The topological polar surface area (TPSA) is 81.9 Å². The Morgan fingerprint density at radius 3 is 2.79 bits per heavy atom. The number of alkyl halides is 3. The molecular weight excluding hydrogens is 387 g/mol. The summed E-state index contributed by atoms with van der Waals surface area (Å²) in [6.07, 6.45) is -2.35. The molecule has 4 heterocycles. The summed E-state index contributed by atoms with van der Waals surface area (Å²) in [4.78, 5) is 20.4. The van der Waals surface area contributed by atoms with Crippen molar-refractivity contribution in [3.8, 4) is 17.0 Å². The Morgan fingerprint density at radius 2 is 2.07 bits per heavy atom. The molecule has 1 amide bonds. The number of aryl methyl sites for hydroxylation is 2. The minimum Gasteiger partial charge on any atom is -0.478 e. The molecule has 1 aliphatic heterocycles. The molecule has 7 nitrogen and oxygen atoms in total. The molecule has 3 aromatic heterocycles. The normalized spacial score (nSPS) is 13.5. The third-order valence-corrected chi connectivity index (χ3v) is 4.37. The number of pyridine rings is 2. The molecule has 0 radical (unpaired) electrons. The average molecular weight is 403 g/mol. The lowest BCUT2D eigenvalue weighted by Gasteiger charge is -2.13. The molecule has 0 saturated carbocycles. The molecule has 0 aliphatic carbocycles. The van der Waals surface area contributed by atoms with Crippen molar-refractivity contribution < 1.29 is 22.7 Å². The van der Waals surface area contributed by atoms with E-state index in [2.05, 4.69) is 20.4 Å². The summed E-state index contributed by atoms with van der Waals surface area (Å²) in [5.74, 6) is -0.431. The van der Waals surface area contributed by atoms with Gasteiger partial charge in [-0.1, -0.05) is 0 Å². The Balaban J connectivity index is 1.72. The highest BCUT2D eigenvalue weighted by Gasteiger charge is 2.33. The fourth-order valence-electron chi connectivity index (χ4n) is 3.01. The Hall–Kier alpha value is -3.43. The van der Waals surface area contributed by atoms with Gasteiger partial charge >= 0.3 is 6.18 Å². The molecule has 4 rings (SSSR count). The van der Waals surface area contributed by atoms with Crippen LogP contribution in [0.1, 0.15) is 28.3 Å². The van der Waals surface area contributed by atoms with Crippen LogP contribution >= 0.6 is 0 Å². The van der Waals surface area contributed by atoms with Crippen molar-refractivity contribution in [3.63, 3.8) is 0 Å². The van der Waals surface area contributed by atoms with E-state index >= 15 is 0 Å². The van der Waals surface area contributed by atoms with Crippen LogP contribution in [0, 0.1) is 6.92 Å². The van der Waals surface area contributed by atoms with Crippen molar-refractivity contribution in [2.45, 2.75) is 26.1 Å². The number of halogens is 3. The van der Waals surface area contributed by atoms with Crippen LogP contribution in [0.3, 0.4) is 0 Å². The van der Waals surface area contributed by atoms with Gasteiger partial charge in [-0.25, -0.2) is 9.67 Å². The number of hydrogen-bond donors (Lipinski definition) is 1. The number of ether oxygens (including phenoxy) is 1. The second-order valence-corrected chi connectivity index (χ2v) is 6.52. The van der Waals surface area contributed by atoms with Crippen LogP contribution in [0.4, 0.5) is 19.0 Å². The van der Waals surface area contributed by atoms with Gasteiger partial charge in [-0.15, -0.1) is 0 Å². The van der Waals surface area contributed by atoms with Gasteiger partial charge in [-0.3, -0.25) is 9.78 Å². The summed E-state index contributed by atoms with van der Waals surface area (Å²) in [7, 11) is 0. The highest BCUT2D eigenvalue weighted by molar-refractivity contribution is 6.04. The lowest BCUT2D eigenvalue weighted by molar-refractivity contribution is -0.141. The number of anilines is 1. The van der Waals surface area contributed by atoms with Crippen LogP contribution in [0.25, 0.3) is 11.1 Å². The SMILES string of the molecule is Cc1cc(-c2ccc(C(F)(F)F)nc2NC(=O)c2cc3n(n2)CCCO3)ccn1. The van der Waals surface area contributed by atoms with Gasteiger partial charge in [-0.2, -0.15) is 18.3 Å². The number of carbonyl (C=O) groups is 1. The van der Waals surface area contributed by atoms with Crippen LogP contribution in [-0.4, -0.2) is 32.3 Å². The molecule has 1 N–H and O–H groups in total. The van der Waals surface area contributed by atoms with E-state index in [4.69, 9.17) is 4.74 Å². The van der Waals surface area contributed by atoms with Crippen molar-refractivity contribution in [2.24, 2.45) is 0 Å². The molecule has 0 bridgehead atoms. The zero-order valence-corrected chi connectivity index (χ0v) is 15.3. The van der Waals surface area contributed by atoms with Gasteiger partial charge in [-0.05, 0) is 36.8 Å². The van der Waals surface area contributed by atoms with Crippen LogP contribution < -0.4 is 10.1 Å². The first kappa shape index (κ1) is 18.9. The maximum absolute atomic E-state index is 13.2. The zero-order chi connectivity index (χ0) is 20.6. The van der Waals surface area contributed by atoms with Crippen LogP contribution in [0.2, 0.25) is 0 Å². The van der Waals surface area contributed by atoms with Crippen molar-refractivity contribution in [1.82, 2.24) is 19.7 Å². The van der Waals surface area contributed by atoms with Crippen molar-refractivity contribution in [2.75, 3.05) is 11.9 Å². The molecule has 0 atom stereocenters. The quantitative estimate of drug-likeness (QED) is 0.721. The molecule has 10 heteroatoms. The van der Waals surface area contributed by atoms with Gasteiger partial charge in [0.15, 0.2) is 5.69 Å². The van der Waals surface area contributed by atoms with Crippen LogP contribution in [-0.2, 0) is 12.7 Å². The number of carbonyl (C=O) groups excluding carboxylic acids is 1. The lowest BCUT2D eigenvalue weighted by Crippen LogP contribution is -2.18. The number of hydrogen-bond acceptors (Lipinski definition) is 5. The van der Waals surface area contributed by atoms with Crippen molar-refractivity contribution in [1.29, 1.82) is 0 Å². The lowest BCUT2D eigenvalue weighted by atomic mass is 10.1. The largest absolute Gasteiger partial charge is 0.478 e. The van der Waals surface area contributed by atoms with Gasteiger partial charge in [0.25, 0.3) is 5.91 Å². The number of nitrogens with one attached hydrogen (secondary N) is 1. The molecule has 0 saturated heterocycles. The van der Waals surface area contributed by atoms with Gasteiger partial charge in [0, 0.05) is 36.5 Å². The molecule has 0 unspecified atom stereocenters. The van der Waals surface area contributed by atoms with Crippen molar-refractivity contribution >= 4 is 11.7 Å². The van der Waals surface area contributed by atoms with E-state index in [0.29, 0.717) is 35.9 Å². The summed E-state index contributed by atoms with van der Waals surface area (Å²) < 4.78 is 46.5. The Kier molecular flexibility index (Phi) is 4.69. The molecule has 1 aliphatic rings. The maximum atomic E-state index is 13.2. The minimum atomic E-state index is -4.65. The van der Waals surface area contributed by atoms with E-state index in [-0.39, 0.29) is 11.5 Å². The molecule has 3 aromatic rings. The standard InChI is InChI=1S/C19H16F3N5O2/c1-11-9-12(5-6-23-11)13-3-4-15(19(20,21)22)24-17(13)25-18(28)14-10-16-27(26-14)7-2-8-29-16/h3-6,9-10H,2,7-8H2,1H3,(H,24,25,28). The molecule has 29 heavy (non-hydrogen) atoms. The Bertz CT molecular complexity index is 1050. The summed E-state index contributed by atoms with van der Waals surface area (Å²) in [5, 5.41) is 6.62. The number of aromatic nitrogens is 4. The van der Waals surface area contributed by atoms with E-state index in [1.54, 1.807) is 23.7 Å². The summed E-state index contributed by atoms with van der Waals surface area (Å²) in [6, 6.07) is 6.95. The van der Waals surface area contributed by atoms with E-state index in [9.17, 15) is 18.0 Å². The van der Waals surface area contributed by atoms with E-state index in [1.165, 1.54) is 18.3 Å². The molecule has 150 valence electrons. The first-order valence-electron chi connectivity index (χ1n) is 8.84. The maximum Gasteiger partial charge on any atom is 0.433 e. The van der Waals surface area contributed by atoms with E-state index < -0.39 is 17.8 Å². The number of fused-ring (bicyclic) bond motifs is 1. The predicted molar refractivity (Wildman–Crippen MR) is 97.5 cm³/mol. The molecule has 0 spiro atoms. The van der Waals surface area contributed by atoms with Gasteiger partial charge < -0.3 is 10.1 Å². The summed E-state index contributed by atoms with van der Waals surface area (Å²) in [5.41, 5.74) is 0.546. The fraction of sp³-hybridized carbons (Fsp3) is 0.263. The fourth-order valence-corrected chi connectivity index (χ4v) is 3.01. The molecule has 0 aromatic carbocycles. The first-order chi connectivity index (χ1) is 13.8. The minimum absolute atomic E-state index is 0.0398. The van der Waals surface area contributed by atoms with E-state index in [0.717, 1.165) is 12.5 Å². The second kappa shape index (κ2) is 7.19. The summed E-state index contributed by atoms with van der Waals surface area (Å²) >= 11 is 0. The van der Waals surface area contributed by atoms with Crippen LogP contribution in [0.5, 0.6) is 5.88 Å². The number of nitrogens with zero attached hydrogens (tertiary/aromatic N) is 4. The van der Waals surface area contributed by atoms with Gasteiger partial charge in [0.2, 0.25) is 5.88 Å². The van der Waals surface area contributed by atoms with E-state index in [1.807, 2.05) is 0 Å². The highest BCUT2D eigenvalue weighted by atomic mass is 19.4. The third-order valence-electron chi connectivity index (χ3n) is 4.37. The van der Waals surface area contributed by atoms with Crippen molar-refractivity contribution in [3.05, 3.63) is 53.6 Å². The smallest absolute Gasteiger partial charge is 0.433 e. The Morgan fingerprint density at radius 1 is 1.24 bits per heavy atom. The predicted octanol–water partition coefficient (Wildman–Crippen LogP) is 3.70. The zero-order valence-electron chi connectivity index (χ0n) is 15.3. The molecule has 0 fully saturated rings. The average Bonchev–Trinajstić information content (AvgIpc) is 3.12. The first-order valence-corrected chi connectivity index (χ1v) is 8.84. The van der Waals surface area contributed by atoms with Gasteiger partial charge in [0.1, 0.15) is 11.5 Å². The highest BCUT2D eigenvalue weighted by Crippen LogP contribution is 2.33. The van der Waals surface area contributed by atoms with Crippen LogP contribution in [0.15, 0.2) is 36.5 Å². The monoisotopic (exact) mass is 403 g/mol. The third kappa shape index (κ3) is 3.91. The molecular formula is C19H16F3N5O2. The second-order valence-electron chi connectivity index (χ2n) is 6.52.